The van der Waals surface area contributed by atoms with Crippen LogP contribution in [0.3, 0.4) is 0 Å². The SMILES string of the molecule is Cc1n[nH]c(C)c1NCc1ccc2c(c1)OCCCO2. The number of ether oxygens (including phenoxy) is 2. The smallest absolute Gasteiger partial charge is 0.161 e. The van der Waals surface area contributed by atoms with Crippen molar-refractivity contribution in [3.05, 3.63) is 35.2 Å². The van der Waals surface area contributed by atoms with Gasteiger partial charge in [0.2, 0.25) is 0 Å². The Morgan fingerprint density at radius 1 is 1.20 bits per heavy atom. The maximum absolute atomic E-state index is 5.70. The first-order valence-electron chi connectivity index (χ1n) is 6.88. The molecule has 0 fully saturated rings. The number of fused-ring (bicyclic) bond motifs is 1. The third-order valence-corrected chi connectivity index (χ3v) is 3.41. The molecule has 0 bridgehead atoms. The molecule has 0 radical (unpaired) electrons. The Morgan fingerprint density at radius 2 is 2.00 bits per heavy atom. The highest BCUT2D eigenvalue weighted by Gasteiger charge is 2.11. The summed E-state index contributed by atoms with van der Waals surface area (Å²) in [6.07, 6.45) is 0.926. The van der Waals surface area contributed by atoms with Crippen LogP contribution < -0.4 is 14.8 Å². The molecule has 0 saturated carbocycles. The summed E-state index contributed by atoms with van der Waals surface area (Å²) in [4.78, 5) is 0. The van der Waals surface area contributed by atoms with Crippen molar-refractivity contribution < 1.29 is 9.47 Å². The zero-order valence-corrected chi connectivity index (χ0v) is 11.8. The maximum Gasteiger partial charge on any atom is 0.161 e. The van der Waals surface area contributed by atoms with Gasteiger partial charge in [0.15, 0.2) is 11.5 Å². The molecule has 2 aromatic rings. The van der Waals surface area contributed by atoms with Crippen molar-refractivity contribution in [3.63, 3.8) is 0 Å². The number of rotatable bonds is 3. The van der Waals surface area contributed by atoms with Crippen LogP contribution in [0.1, 0.15) is 23.4 Å². The molecule has 5 heteroatoms. The van der Waals surface area contributed by atoms with Gasteiger partial charge in [-0.1, -0.05) is 6.07 Å². The van der Waals surface area contributed by atoms with Crippen LogP contribution in [0.5, 0.6) is 11.5 Å². The Bertz CT molecular complexity index is 588. The average molecular weight is 273 g/mol. The quantitative estimate of drug-likeness (QED) is 0.902. The summed E-state index contributed by atoms with van der Waals surface area (Å²) >= 11 is 0. The number of aryl methyl sites for hydroxylation is 2. The zero-order chi connectivity index (χ0) is 13.9. The van der Waals surface area contributed by atoms with Crippen molar-refractivity contribution in [3.8, 4) is 11.5 Å². The van der Waals surface area contributed by atoms with E-state index in [1.807, 2.05) is 26.0 Å². The van der Waals surface area contributed by atoms with Gasteiger partial charge in [-0.15, -0.1) is 0 Å². The molecule has 1 aliphatic rings. The van der Waals surface area contributed by atoms with Gasteiger partial charge in [-0.3, -0.25) is 5.10 Å². The van der Waals surface area contributed by atoms with E-state index in [0.717, 1.165) is 53.7 Å². The van der Waals surface area contributed by atoms with E-state index in [1.54, 1.807) is 0 Å². The summed E-state index contributed by atoms with van der Waals surface area (Å²) in [6.45, 7) is 6.16. The van der Waals surface area contributed by atoms with E-state index in [0.29, 0.717) is 6.61 Å². The minimum absolute atomic E-state index is 0.712. The van der Waals surface area contributed by atoms with Crippen molar-refractivity contribution in [2.24, 2.45) is 0 Å². The normalized spacial score (nSPS) is 13.9. The summed E-state index contributed by atoms with van der Waals surface area (Å²) < 4.78 is 11.3. The van der Waals surface area contributed by atoms with Gasteiger partial charge >= 0.3 is 0 Å². The highest BCUT2D eigenvalue weighted by Crippen LogP contribution is 2.30. The summed E-state index contributed by atoms with van der Waals surface area (Å²) in [6, 6.07) is 6.08. The lowest BCUT2D eigenvalue weighted by Crippen LogP contribution is -2.02. The van der Waals surface area contributed by atoms with Crippen LogP contribution in [0.2, 0.25) is 0 Å². The lowest BCUT2D eigenvalue weighted by Gasteiger charge is -2.11. The van der Waals surface area contributed by atoms with E-state index < -0.39 is 0 Å². The molecule has 0 aliphatic carbocycles. The van der Waals surface area contributed by atoms with Crippen molar-refractivity contribution in [2.45, 2.75) is 26.8 Å². The van der Waals surface area contributed by atoms with Gasteiger partial charge in [0.1, 0.15) is 0 Å². The Balaban J connectivity index is 1.73. The molecule has 1 aliphatic heterocycles. The van der Waals surface area contributed by atoms with Gasteiger partial charge in [0, 0.05) is 13.0 Å². The lowest BCUT2D eigenvalue weighted by molar-refractivity contribution is 0.297. The zero-order valence-electron chi connectivity index (χ0n) is 11.8. The molecule has 0 saturated heterocycles. The molecule has 5 nitrogen and oxygen atoms in total. The summed E-state index contributed by atoms with van der Waals surface area (Å²) in [5, 5.41) is 10.6. The van der Waals surface area contributed by atoms with Crippen LogP contribution in [0.25, 0.3) is 0 Å². The molecular weight excluding hydrogens is 254 g/mol. The van der Waals surface area contributed by atoms with E-state index in [9.17, 15) is 0 Å². The summed E-state index contributed by atoms with van der Waals surface area (Å²) in [7, 11) is 0. The molecule has 0 unspecified atom stereocenters. The van der Waals surface area contributed by atoms with Gasteiger partial charge in [-0.25, -0.2) is 0 Å². The number of aromatic amines is 1. The monoisotopic (exact) mass is 273 g/mol. The van der Waals surface area contributed by atoms with Crippen LogP contribution in [-0.4, -0.2) is 23.4 Å². The molecule has 0 spiro atoms. The minimum atomic E-state index is 0.712. The van der Waals surface area contributed by atoms with Gasteiger partial charge in [-0.2, -0.15) is 5.10 Å². The molecule has 106 valence electrons. The highest BCUT2D eigenvalue weighted by molar-refractivity contribution is 5.52. The third-order valence-electron chi connectivity index (χ3n) is 3.41. The van der Waals surface area contributed by atoms with Gasteiger partial charge in [0.25, 0.3) is 0 Å². The Labute approximate surface area is 118 Å². The van der Waals surface area contributed by atoms with Crippen LogP contribution in [0.4, 0.5) is 5.69 Å². The number of nitrogens with one attached hydrogen (secondary N) is 2. The van der Waals surface area contributed by atoms with Crippen LogP contribution >= 0.6 is 0 Å². The Morgan fingerprint density at radius 3 is 2.75 bits per heavy atom. The van der Waals surface area contributed by atoms with Crippen molar-refractivity contribution in [1.29, 1.82) is 0 Å². The number of hydrogen-bond donors (Lipinski definition) is 2. The topological polar surface area (TPSA) is 59.2 Å². The van der Waals surface area contributed by atoms with Gasteiger partial charge in [0.05, 0.1) is 30.3 Å². The molecule has 0 amide bonds. The van der Waals surface area contributed by atoms with Gasteiger partial charge in [-0.05, 0) is 31.5 Å². The maximum atomic E-state index is 5.70. The average Bonchev–Trinajstić information content (AvgIpc) is 2.67. The van der Waals surface area contributed by atoms with Crippen LogP contribution in [0, 0.1) is 13.8 Å². The van der Waals surface area contributed by atoms with E-state index >= 15 is 0 Å². The fraction of sp³-hybridized carbons (Fsp3) is 0.400. The number of nitrogens with zero attached hydrogens (tertiary/aromatic N) is 1. The predicted octanol–water partition coefficient (Wildman–Crippen LogP) is 2.80. The summed E-state index contributed by atoms with van der Waals surface area (Å²) in [5.41, 5.74) is 4.26. The first-order chi connectivity index (χ1) is 9.74. The fourth-order valence-corrected chi connectivity index (χ4v) is 2.32. The number of H-pyrrole nitrogens is 1. The Kier molecular flexibility index (Phi) is 3.50. The molecule has 2 heterocycles. The van der Waals surface area contributed by atoms with E-state index in [1.165, 1.54) is 0 Å². The second-order valence-electron chi connectivity index (χ2n) is 4.99. The first kappa shape index (κ1) is 12.8. The summed E-state index contributed by atoms with van der Waals surface area (Å²) in [5.74, 6) is 1.67. The molecular formula is C15H19N3O2. The minimum Gasteiger partial charge on any atom is -0.490 e. The number of hydrogen-bond acceptors (Lipinski definition) is 4. The second kappa shape index (κ2) is 5.45. The second-order valence-corrected chi connectivity index (χ2v) is 4.99. The van der Waals surface area contributed by atoms with E-state index in [2.05, 4.69) is 21.6 Å². The van der Waals surface area contributed by atoms with Crippen LogP contribution in [0.15, 0.2) is 18.2 Å². The van der Waals surface area contributed by atoms with Crippen LogP contribution in [-0.2, 0) is 6.54 Å². The van der Waals surface area contributed by atoms with Crippen molar-refractivity contribution in [1.82, 2.24) is 10.2 Å². The largest absolute Gasteiger partial charge is 0.490 e. The van der Waals surface area contributed by atoms with Crippen molar-refractivity contribution in [2.75, 3.05) is 18.5 Å². The number of anilines is 1. The molecule has 20 heavy (non-hydrogen) atoms. The number of benzene rings is 1. The molecule has 3 rings (SSSR count). The predicted molar refractivity (Wildman–Crippen MR) is 77.4 cm³/mol. The van der Waals surface area contributed by atoms with E-state index in [-0.39, 0.29) is 0 Å². The standard InChI is InChI=1S/C15H19N3O2/c1-10-15(11(2)18-17-10)16-9-12-4-5-13-14(8-12)20-7-3-6-19-13/h4-5,8,16H,3,6-7,9H2,1-2H3,(H,17,18). The van der Waals surface area contributed by atoms with E-state index in [4.69, 9.17) is 9.47 Å². The fourth-order valence-electron chi connectivity index (χ4n) is 2.32. The third kappa shape index (κ3) is 2.57. The highest BCUT2D eigenvalue weighted by atomic mass is 16.5. The first-order valence-corrected chi connectivity index (χ1v) is 6.88. The molecule has 1 aromatic heterocycles. The van der Waals surface area contributed by atoms with Gasteiger partial charge < -0.3 is 14.8 Å². The molecule has 2 N–H and O–H groups in total. The Hall–Kier alpha value is -2.17. The number of aromatic nitrogens is 2. The molecule has 0 atom stereocenters. The molecule has 1 aromatic carbocycles. The lowest BCUT2D eigenvalue weighted by atomic mass is 10.2. The van der Waals surface area contributed by atoms with Crippen molar-refractivity contribution >= 4 is 5.69 Å².